The molecule has 6 heteroatoms. The summed E-state index contributed by atoms with van der Waals surface area (Å²) < 4.78 is 0.00569. The molecule has 0 spiro atoms. The van der Waals surface area contributed by atoms with Crippen molar-refractivity contribution in [3.63, 3.8) is 0 Å². The number of hydrogen-bond donors (Lipinski definition) is 2. The Bertz CT molecular complexity index is 683. The minimum absolute atomic E-state index is 0.00569. The lowest BCUT2D eigenvalue weighted by atomic mass is 9.97. The summed E-state index contributed by atoms with van der Waals surface area (Å²) in [5.74, 6) is -2.06. The molecule has 2 aromatic rings. The molecule has 2 N–H and O–H groups in total. The highest BCUT2D eigenvalue weighted by Gasteiger charge is 2.12. The zero-order chi connectivity index (χ0) is 16.3. The molecule has 0 aromatic heterocycles. The van der Waals surface area contributed by atoms with Crippen LogP contribution in [-0.2, 0) is 0 Å². The summed E-state index contributed by atoms with van der Waals surface area (Å²) in [6, 6.07) is 12.1. The van der Waals surface area contributed by atoms with Crippen molar-refractivity contribution in [1.29, 1.82) is 0 Å². The van der Waals surface area contributed by atoms with Crippen LogP contribution < -0.4 is 0 Å². The topological polar surface area (TPSA) is 74.6 Å². The minimum atomic E-state index is -1.03. The van der Waals surface area contributed by atoms with Crippen LogP contribution in [-0.4, -0.2) is 22.2 Å². The van der Waals surface area contributed by atoms with E-state index in [1.54, 1.807) is 24.3 Å². The standard InChI is InChI=1S/C16H10Cl2O4/c17-14(18)13(9-1-5-11(6-2-9)15(19)20)10-3-7-12(8-4-10)16(21)22/h1-8H,(H,19,20)(H,21,22). The number of carboxylic acid groups (broad SMARTS) is 2. The van der Waals surface area contributed by atoms with E-state index in [-0.39, 0.29) is 15.6 Å². The molecule has 0 aliphatic rings. The Morgan fingerprint density at radius 1 is 0.636 bits per heavy atom. The van der Waals surface area contributed by atoms with E-state index in [1.807, 2.05) is 0 Å². The van der Waals surface area contributed by atoms with Crippen LogP contribution in [0.1, 0.15) is 31.8 Å². The number of hydrogen-bond acceptors (Lipinski definition) is 2. The molecule has 0 atom stereocenters. The molecule has 0 radical (unpaired) electrons. The summed E-state index contributed by atoms with van der Waals surface area (Å²) >= 11 is 11.9. The maximum Gasteiger partial charge on any atom is 0.335 e. The molecule has 0 bridgehead atoms. The van der Waals surface area contributed by atoms with E-state index in [2.05, 4.69) is 0 Å². The Hall–Kier alpha value is -2.30. The van der Waals surface area contributed by atoms with Gasteiger partial charge in [0.2, 0.25) is 0 Å². The van der Waals surface area contributed by atoms with Gasteiger partial charge in [-0.25, -0.2) is 9.59 Å². The second-order valence-corrected chi connectivity index (χ2v) is 5.35. The molecule has 112 valence electrons. The number of benzene rings is 2. The Morgan fingerprint density at radius 2 is 0.909 bits per heavy atom. The van der Waals surface area contributed by atoms with Gasteiger partial charge in [0.1, 0.15) is 4.49 Å². The van der Waals surface area contributed by atoms with Crippen molar-refractivity contribution < 1.29 is 19.8 Å². The zero-order valence-electron chi connectivity index (χ0n) is 11.1. The third-order valence-corrected chi connectivity index (χ3v) is 3.41. The molecule has 0 aliphatic heterocycles. The van der Waals surface area contributed by atoms with E-state index in [0.29, 0.717) is 16.7 Å². The van der Waals surface area contributed by atoms with Gasteiger partial charge in [0.15, 0.2) is 0 Å². The maximum absolute atomic E-state index is 10.9. The van der Waals surface area contributed by atoms with Crippen molar-refractivity contribution in [3.8, 4) is 0 Å². The lowest BCUT2D eigenvalue weighted by Crippen LogP contribution is -1.98. The maximum atomic E-state index is 10.9. The second kappa shape index (κ2) is 6.64. The SMILES string of the molecule is O=C(O)c1ccc(C(=C(Cl)Cl)c2ccc(C(=O)O)cc2)cc1. The minimum Gasteiger partial charge on any atom is -0.478 e. The summed E-state index contributed by atoms with van der Waals surface area (Å²) in [7, 11) is 0. The molecule has 0 unspecified atom stereocenters. The predicted molar refractivity (Wildman–Crippen MR) is 84.5 cm³/mol. The zero-order valence-corrected chi connectivity index (χ0v) is 12.6. The Balaban J connectivity index is 2.45. The number of carboxylic acids is 2. The van der Waals surface area contributed by atoms with Crippen molar-refractivity contribution in [1.82, 2.24) is 0 Å². The van der Waals surface area contributed by atoms with Crippen molar-refractivity contribution in [2.45, 2.75) is 0 Å². The number of rotatable bonds is 4. The fourth-order valence-corrected chi connectivity index (χ4v) is 2.38. The highest BCUT2D eigenvalue weighted by Crippen LogP contribution is 2.31. The lowest BCUT2D eigenvalue weighted by molar-refractivity contribution is 0.0686. The fourth-order valence-electron chi connectivity index (χ4n) is 1.94. The van der Waals surface area contributed by atoms with Crippen molar-refractivity contribution in [2.24, 2.45) is 0 Å². The number of aromatic carboxylic acids is 2. The molecular formula is C16H10Cl2O4. The van der Waals surface area contributed by atoms with Crippen molar-refractivity contribution in [2.75, 3.05) is 0 Å². The molecule has 2 aromatic carbocycles. The highest BCUT2D eigenvalue weighted by atomic mass is 35.5. The van der Waals surface area contributed by atoms with Crippen LogP contribution in [0, 0.1) is 0 Å². The average Bonchev–Trinajstić information content (AvgIpc) is 2.48. The van der Waals surface area contributed by atoms with Gasteiger partial charge in [-0.15, -0.1) is 0 Å². The summed E-state index contributed by atoms with van der Waals surface area (Å²) in [4.78, 5) is 21.7. The third-order valence-electron chi connectivity index (χ3n) is 3.03. The van der Waals surface area contributed by atoms with Crippen LogP contribution in [0.3, 0.4) is 0 Å². The number of halogens is 2. The fraction of sp³-hybridized carbons (Fsp3) is 0. The molecule has 22 heavy (non-hydrogen) atoms. The van der Waals surface area contributed by atoms with Crippen LogP contribution in [0.25, 0.3) is 5.57 Å². The third kappa shape index (κ3) is 3.47. The van der Waals surface area contributed by atoms with Crippen LogP contribution in [0.4, 0.5) is 0 Å². The Labute approximate surface area is 136 Å². The molecule has 2 rings (SSSR count). The van der Waals surface area contributed by atoms with Crippen LogP contribution in [0.5, 0.6) is 0 Å². The van der Waals surface area contributed by atoms with Gasteiger partial charge < -0.3 is 10.2 Å². The van der Waals surface area contributed by atoms with E-state index >= 15 is 0 Å². The van der Waals surface area contributed by atoms with Crippen LogP contribution in [0.15, 0.2) is 53.0 Å². The van der Waals surface area contributed by atoms with Gasteiger partial charge in [0, 0.05) is 5.57 Å². The Morgan fingerprint density at radius 3 is 1.14 bits per heavy atom. The number of carbonyl (C=O) groups is 2. The lowest BCUT2D eigenvalue weighted by Gasteiger charge is -2.09. The first-order valence-electron chi connectivity index (χ1n) is 6.13. The van der Waals surface area contributed by atoms with E-state index in [9.17, 15) is 9.59 Å². The van der Waals surface area contributed by atoms with Gasteiger partial charge in [0.05, 0.1) is 11.1 Å². The molecule has 0 fully saturated rings. The quantitative estimate of drug-likeness (QED) is 0.873. The first kappa shape index (κ1) is 16.1. The molecule has 0 saturated carbocycles. The van der Waals surface area contributed by atoms with Gasteiger partial charge in [-0.3, -0.25) is 0 Å². The normalized spacial score (nSPS) is 10.1. The van der Waals surface area contributed by atoms with E-state index in [0.717, 1.165) is 0 Å². The van der Waals surface area contributed by atoms with Gasteiger partial charge in [-0.2, -0.15) is 0 Å². The van der Waals surface area contributed by atoms with Crippen molar-refractivity contribution >= 4 is 40.7 Å². The molecule has 0 heterocycles. The van der Waals surface area contributed by atoms with Gasteiger partial charge in [0.25, 0.3) is 0 Å². The first-order valence-corrected chi connectivity index (χ1v) is 6.88. The van der Waals surface area contributed by atoms with E-state index in [4.69, 9.17) is 33.4 Å². The molecule has 0 amide bonds. The Kier molecular flexibility index (Phi) is 4.85. The predicted octanol–water partition coefficient (Wildman–Crippen LogP) is 4.28. The van der Waals surface area contributed by atoms with Gasteiger partial charge in [-0.1, -0.05) is 47.5 Å². The summed E-state index contributed by atoms with van der Waals surface area (Å²) in [5, 5.41) is 17.8. The molecule has 4 nitrogen and oxygen atoms in total. The van der Waals surface area contributed by atoms with Gasteiger partial charge >= 0.3 is 11.9 Å². The summed E-state index contributed by atoms with van der Waals surface area (Å²) in [6.45, 7) is 0. The van der Waals surface area contributed by atoms with Crippen LogP contribution in [0.2, 0.25) is 0 Å². The highest BCUT2D eigenvalue weighted by molar-refractivity contribution is 6.59. The van der Waals surface area contributed by atoms with Crippen molar-refractivity contribution in [3.05, 3.63) is 75.3 Å². The molecular weight excluding hydrogens is 327 g/mol. The molecule has 0 aliphatic carbocycles. The largest absolute Gasteiger partial charge is 0.478 e. The van der Waals surface area contributed by atoms with Crippen LogP contribution >= 0.6 is 23.2 Å². The monoisotopic (exact) mass is 336 g/mol. The van der Waals surface area contributed by atoms with E-state index in [1.165, 1.54) is 24.3 Å². The summed E-state index contributed by atoms with van der Waals surface area (Å²) in [6.07, 6.45) is 0. The van der Waals surface area contributed by atoms with Gasteiger partial charge in [-0.05, 0) is 35.4 Å². The summed E-state index contributed by atoms with van der Waals surface area (Å²) in [5.41, 5.74) is 2.06. The first-order chi connectivity index (χ1) is 10.4. The van der Waals surface area contributed by atoms with E-state index < -0.39 is 11.9 Å². The smallest absolute Gasteiger partial charge is 0.335 e. The second-order valence-electron chi connectivity index (χ2n) is 4.40. The average molecular weight is 337 g/mol. The molecule has 0 saturated heterocycles.